The van der Waals surface area contributed by atoms with E-state index >= 15 is 0 Å². The van der Waals surface area contributed by atoms with E-state index < -0.39 is 0 Å². The van der Waals surface area contributed by atoms with Crippen molar-refractivity contribution >= 4 is 11.8 Å². The number of nitrogens with zero attached hydrogens (tertiary/aromatic N) is 1. The van der Waals surface area contributed by atoms with E-state index in [1.165, 1.54) is 51.1 Å². The Morgan fingerprint density at radius 3 is 2.79 bits per heavy atom. The van der Waals surface area contributed by atoms with Crippen LogP contribution in [0.1, 0.15) is 53.4 Å². The number of thioether (sulfide) groups is 1. The van der Waals surface area contributed by atoms with Crippen molar-refractivity contribution in [1.29, 1.82) is 0 Å². The summed E-state index contributed by atoms with van der Waals surface area (Å²) in [7, 11) is 0. The lowest BCUT2D eigenvalue weighted by Gasteiger charge is -2.45. The van der Waals surface area contributed by atoms with Crippen LogP contribution in [0, 0.1) is 5.92 Å². The minimum Gasteiger partial charge on any atom is -0.311 e. The summed E-state index contributed by atoms with van der Waals surface area (Å²) < 4.78 is 0.515. The highest BCUT2D eigenvalue weighted by molar-refractivity contribution is 8.00. The van der Waals surface area contributed by atoms with E-state index in [4.69, 9.17) is 0 Å². The van der Waals surface area contributed by atoms with Gasteiger partial charge in [-0.3, -0.25) is 4.90 Å². The highest BCUT2D eigenvalue weighted by Gasteiger charge is 2.37. The molecule has 2 nitrogen and oxygen atoms in total. The van der Waals surface area contributed by atoms with Gasteiger partial charge in [-0.15, -0.1) is 0 Å². The Kier molecular flexibility index (Phi) is 5.62. The molecule has 0 aromatic rings. The van der Waals surface area contributed by atoms with Gasteiger partial charge in [-0.25, -0.2) is 0 Å². The summed E-state index contributed by atoms with van der Waals surface area (Å²) in [5.74, 6) is 2.12. The van der Waals surface area contributed by atoms with Crippen molar-refractivity contribution in [3.63, 3.8) is 0 Å². The Labute approximate surface area is 124 Å². The van der Waals surface area contributed by atoms with Crippen molar-refractivity contribution in [1.82, 2.24) is 10.2 Å². The summed E-state index contributed by atoms with van der Waals surface area (Å²) in [5, 5.41) is 3.77. The predicted molar refractivity (Wildman–Crippen MR) is 87.0 cm³/mol. The van der Waals surface area contributed by atoms with Crippen molar-refractivity contribution in [2.45, 2.75) is 70.2 Å². The third kappa shape index (κ3) is 4.12. The van der Waals surface area contributed by atoms with Crippen molar-refractivity contribution in [2.24, 2.45) is 5.92 Å². The van der Waals surface area contributed by atoms with Crippen LogP contribution in [0.2, 0.25) is 0 Å². The fraction of sp³-hybridized carbons (Fsp3) is 1.00. The molecular formula is C16H32N2S. The number of piperazine rings is 1. The highest BCUT2D eigenvalue weighted by atomic mass is 32.2. The Morgan fingerprint density at radius 2 is 2.21 bits per heavy atom. The molecule has 0 aliphatic carbocycles. The summed E-state index contributed by atoms with van der Waals surface area (Å²) in [6.07, 6.45) is 5.44. The van der Waals surface area contributed by atoms with Crippen molar-refractivity contribution < 1.29 is 0 Å². The van der Waals surface area contributed by atoms with Crippen molar-refractivity contribution in [3.05, 3.63) is 0 Å². The zero-order valence-electron chi connectivity index (χ0n) is 13.2. The first-order valence-corrected chi connectivity index (χ1v) is 9.14. The third-order valence-electron chi connectivity index (χ3n) is 4.78. The zero-order valence-corrected chi connectivity index (χ0v) is 14.1. The van der Waals surface area contributed by atoms with Gasteiger partial charge in [0.25, 0.3) is 0 Å². The van der Waals surface area contributed by atoms with Crippen molar-refractivity contribution in [3.8, 4) is 0 Å². The van der Waals surface area contributed by atoms with Gasteiger partial charge in [-0.2, -0.15) is 11.8 Å². The average molecular weight is 285 g/mol. The second-order valence-electron chi connectivity index (χ2n) is 7.04. The van der Waals surface area contributed by atoms with Gasteiger partial charge in [0.15, 0.2) is 0 Å². The van der Waals surface area contributed by atoms with E-state index in [0.29, 0.717) is 4.75 Å². The maximum atomic E-state index is 3.77. The van der Waals surface area contributed by atoms with Gasteiger partial charge in [-0.05, 0) is 37.9 Å². The van der Waals surface area contributed by atoms with Crippen LogP contribution in [0.25, 0.3) is 0 Å². The number of nitrogens with one attached hydrogen (secondary N) is 1. The Bertz CT molecular complexity index is 274. The molecule has 1 N–H and O–H groups in total. The van der Waals surface area contributed by atoms with Crippen LogP contribution in [-0.2, 0) is 0 Å². The Hall–Kier alpha value is 0.270. The number of hydrogen-bond acceptors (Lipinski definition) is 3. The first-order chi connectivity index (χ1) is 9.04. The van der Waals surface area contributed by atoms with Gasteiger partial charge in [-0.1, -0.05) is 27.2 Å². The van der Waals surface area contributed by atoms with E-state index in [1.807, 2.05) is 0 Å². The van der Waals surface area contributed by atoms with Crippen LogP contribution in [0.4, 0.5) is 0 Å². The highest BCUT2D eigenvalue weighted by Crippen LogP contribution is 2.39. The molecule has 3 unspecified atom stereocenters. The topological polar surface area (TPSA) is 15.3 Å². The molecule has 2 aliphatic heterocycles. The Morgan fingerprint density at radius 1 is 1.42 bits per heavy atom. The van der Waals surface area contributed by atoms with Gasteiger partial charge < -0.3 is 5.32 Å². The molecule has 2 rings (SSSR count). The smallest absolute Gasteiger partial charge is 0.0259 e. The molecule has 3 atom stereocenters. The quantitative estimate of drug-likeness (QED) is 0.833. The summed E-state index contributed by atoms with van der Waals surface area (Å²) in [6, 6.07) is 1.45. The number of rotatable bonds is 5. The fourth-order valence-corrected chi connectivity index (χ4v) is 5.00. The molecule has 0 aromatic heterocycles. The molecule has 0 amide bonds. The predicted octanol–water partition coefficient (Wildman–Crippen LogP) is 3.37. The van der Waals surface area contributed by atoms with Crippen molar-refractivity contribution in [2.75, 3.05) is 25.4 Å². The van der Waals surface area contributed by atoms with Crippen LogP contribution in [0.3, 0.4) is 0 Å². The van der Waals surface area contributed by atoms with E-state index in [-0.39, 0.29) is 0 Å². The monoisotopic (exact) mass is 284 g/mol. The fourth-order valence-electron chi connectivity index (χ4n) is 3.67. The van der Waals surface area contributed by atoms with Gasteiger partial charge in [0.2, 0.25) is 0 Å². The lowest BCUT2D eigenvalue weighted by molar-refractivity contribution is 0.0865. The largest absolute Gasteiger partial charge is 0.311 e. The molecule has 112 valence electrons. The summed E-state index contributed by atoms with van der Waals surface area (Å²) in [4.78, 5) is 2.81. The third-order valence-corrected chi connectivity index (χ3v) is 6.31. The summed E-state index contributed by atoms with van der Waals surface area (Å²) in [6.45, 7) is 13.3. The van der Waals surface area contributed by atoms with Crippen LogP contribution in [0.5, 0.6) is 0 Å². The second kappa shape index (κ2) is 6.82. The summed E-state index contributed by atoms with van der Waals surface area (Å²) in [5.41, 5.74) is 0. The van der Waals surface area contributed by atoms with Gasteiger partial charge >= 0.3 is 0 Å². The molecule has 0 aromatic carbocycles. The first-order valence-electron chi connectivity index (χ1n) is 8.15. The maximum absolute atomic E-state index is 3.77. The average Bonchev–Trinajstić information content (AvgIpc) is 2.76. The molecule has 2 fully saturated rings. The molecule has 0 spiro atoms. The molecule has 2 heterocycles. The molecule has 0 bridgehead atoms. The van der Waals surface area contributed by atoms with Crippen LogP contribution in [-0.4, -0.2) is 47.1 Å². The zero-order chi connectivity index (χ0) is 13.9. The molecule has 3 heteroatoms. The SMILES string of the molecule is CCCC1CN(CC2(C)CCCS2)C(C(C)C)CN1. The Balaban J connectivity index is 1.98. The molecule has 0 saturated carbocycles. The van der Waals surface area contributed by atoms with Crippen LogP contribution >= 0.6 is 11.8 Å². The molecule has 2 aliphatic rings. The molecule has 2 saturated heterocycles. The lowest BCUT2D eigenvalue weighted by Crippen LogP contribution is -2.60. The van der Waals surface area contributed by atoms with Gasteiger partial charge in [0.05, 0.1) is 0 Å². The van der Waals surface area contributed by atoms with E-state index in [2.05, 4.69) is 49.7 Å². The van der Waals surface area contributed by atoms with E-state index in [0.717, 1.165) is 18.0 Å². The van der Waals surface area contributed by atoms with E-state index in [1.54, 1.807) is 0 Å². The minimum atomic E-state index is 0.515. The van der Waals surface area contributed by atoms with Gasteiger partial charge in [0.1, 0.15) is 0 Å². The first kappa shape index (κ1) is 15.7. The van der Waals surface area contributed by atoms with Crippen LogP contribution < -0.4 is 5.32 Å². The number of hydrogen-bond donors (Lipinski definition) is 1. The summed E-state index contributed by atoms with van der Waals surface area (Å²) >= 11 is 2.20. The van der Waals surface area contributed by atoms with E-state index in [9.17, 15) is 0 Å². The van der Waals surface area contributed by atoms with Crippen LogP contribution in [0.15, 0.2) is 0 Å². The standard InChI is InChI=1S/C16H32N2S/c1-5-7-14-11-18(15(10-17-14)13(2)3)12-16(4)8-6-9-19-16/h13-15,17H,5-12H2,1-4H3. The second-order valence-corrected chi connectivity index (χ2v) is 8.72. The lowest BCUT2D eigenvalue weighted by atomic mass is 9.94. The molecular weight excluding hydrogens is 252 g/mol. The molecule has 0 radical (unpaired) electrons. The normalized spacial score (nSPS) is 37.1. The minimum absolute atomic E-state index is 0.515. The van der Waals surface area contributed by atoms with Gasteiger partial charge in [0, 0.05) is 36.5 Å². The molecule has 19 heavy (non-hydrogen) atoms. The maximum Gasteiger partial charge on any atom is 0.0259 e.